The minimum absolute atomic E-state index is 0.0489. The van der Waals surface area contributed by atoms with Gasteiger partial charge in [0.2, 0.25) is 0 Å². The Hall–Kier alpha value is -1.84. The monoisotopic (exact) mass is 318 g/mol. The van der Waals surface area contributed by atoms with E-state index in [1.54, 1.807) is 16.8 Å². The van der Waals surface area contributed by atoms with Crippen molar-refractivity contribution in [2.75, 3.05) is 0 Å². The molecule has 106 valence electrons. The zero-order valence-electron chi connectivity index (χ0n) is 11.3. The SMILES string of the molecule is CC(=O)c1nn(Cc2ccc(Cl)cc2Cl)c2ccccc12. The van der Waals surface area contributed by atoms with Gasteiger partial charge in [-0.2, -0.15) is 5.10 Å². The van der Waals surface area contributed by atoms with Crippen molar-refractivity contribution in [2.24, 2.45) is 0 Å². The molecule has 0 unspecified atom stereocenters. The van der Waals surface area contributed by atoms with Crippen LogP contribution >= 0.6 is 23.2 Å². The molecule has 0 atom stereocenters. The molecule has 0 bridgehead atoms. The second-order valence-electron chi connectivity index (χ2n) is 4.82. The van der Waals surface area contributed by atoms with Gasteiger partial charge in [0.1, 0.15) is 5.69 Å². The minimum atomic E-state index is -0.0489. The molecule has 0 aliphatic rings. The van der Waals surface area contributed by atoms with Gasteiger partial charge in [0.25, 0.3) is 0 Å². The van der Waals surface area contributed by atoms with E-state index in [9.17, 15) is 4.79 Å². The summed E-state index contributed by atoms with van der Waals surface area (Å²) in [5.41, 5.74) is 2.30. The fourth-order valence-electron chi connectivity index (χ4n) is 2.32. The Kier molecular flexibility index (Phi) is 3.70. The molecule has 0 saturated carbocycles. The molecule has 0 saturated heterocycles. The largest absolute Gasteiger partial charge is 0.293 e. The van der Waals surface area contributed by atoms with Gasteiger partial charge in [0, 0.05) is 22.4 Å². The van der Waals surface area contributed by atoms with E-state index >= 15 is 0 Å². The second-order valence-corrected chi connectivity index (χ2v) is 5.66. The van der Waals surface area contributed by atoms with Crippen LogP contribution in [0.4, 0.5) is 0 Å². The number of carbonyl (C=O) groups is 1. The van der Waals surface area contributed by atoms with E-state index in [-0.39, 0.29) is 5.78 Å². The van der Waals surface area contributed by atoms with E-state index in [2.05, 4.69) is 5.10 Å². The number of ketones is 1. The average molecular weight is 319 g/mol. The van der Waals surface area contributed by atoms with Crippen LogP contribution in [-0.2, 0) is 6.54 Å². The maximum atomic E-state index is 11.7. The Bertz CT molecular complexity index is 839. The molecular formula is C16H12Cl2N2O. The van der Waals surface area contributed by atoms with Gasteiger partial charge in [-0.25, -0.2) is 0 Å². The summed E-state index contributed by atoms with van der Waals surface area (Å²) >= 11 is 12.1. The van der Waals surface area contributed by atoms with Crippen molar-refractivity contribution < 1.29 is 4.79 Å². The highest BCUT2D eigenvalue weighted by molar-refractivity contribution is 6.35. The quantitative estimate of drug-likeness (QED) is 0.662. The zero-order chi connectivity index (χ0) is 15.0. The highest BCUT2D eigenvalue weighted by atomic mass is 35.5. The first-order valence-corrected chi connectivity index (χ1v) is 7.22. The van der Waals surface area contributed by atoms with Crippen LogP contribution in [0.1, 0.15) is 23.0 Å². The standard InChI is InChI=1S/C16H12Cl2N2O/c1-10(21)16-13-4-2-3-5-15(13)20(19-16)9-11-6-7-12(17)8-14(11)18/h2-8H,9H2,1H3. The Morgan fingerprint density at radius 1 is 1.19 bits per heavy atom. The summed E-state index contributed by atoms with van der Waals surface area (Å²) < 4.78 is 1.79. The normalized spacial score (nSPS) is 11.0. The van der Waals surface area contributed by atoms with Gasteiger partial charge in [-0.3, -0.25) is 9.48 Å². The number of para-hydroxylation sites is 1. The van der Waals surface area contributed by atoms with E-state index < -0.39 is 0 Å². The molecule has 1 aromatic heterocycles. The molecule has 21 heavy (non-hydrogen) atoms. The summed E-state index contributed by atoms with van der Waals surface area (Å²) in [6.07, 6.45) is 0. The number of fused-ring (bicyclic) bond motifs is 1. The van der Waals surface area contributed by atoms with Gasteiger partial charge < -0.3 is 0 Å². The highest BCUT2D eigenvalue weighted by Crippen LogP contribution is 2.24. The predicted octanol–water partition coefficient (Wildman–Crippen LogP) is 4.59. The molecule has 0 aliphatic carbocycles. The van der Waals surface area contributed by atoms with Crippen molar-refractivity contribution in [2.45, 2.75) is 13.5 Å². The topological polar surface area (TPSA) is 34.9 Å². The number of hydrogen-bond donors (Lipinski definition) is 0. The van der Waals surface area contributed by atoms with Crippen LogP contribution in [0.15, 0.2) is 42.5 Å². The van der Waals surface area contributed by atoms with E-state index in [1.807, 2.05) is 30.3 Å². The fraction of sp³-hybridized carbons (Fsp3) is 0.125. The first-order valence-electron chi connectivity index (χ1n) is 6.46. The Labute approximate surface area is 132 Å². The number of aromatic nitrogens is 2. The molecular weight excluding hydrogens is 307 g/mol. The van der Waals surface area contributed by atoms with Crippen molar-refractivity contribution >= 4 is 39.9 Å². The smallest absolute Gasteiger partial charge is 0.180 e. The van der Waals surface area contributed by atoms with Crippen molar-refractivity contribution in [3.05, 3.63) is 63.8 Å². The summed E-state index contributed by atoms with van der Waals surface area (Å²) in [6, 6.07) is 13.0. The summed E-state index contributed by atoms with van der Waals surface area (Å²) in [5, 5.41) is 6.46. The molecule has 0 amide bonds. The van der Waals surface area contributed by atoms with Crippen LogP contribution in [0.5, 0.6) is 0 Å². The van der Waals surface area contributed by atoms with Crippen LogP contribution in [0, 0.1) is 0 Å². The number of hydrogen-bond acceptors (Lipinski definition) is 2. The van der Waals surface area contributed by atoms with Crippen molar-refractivity contribution in [1.82, 2.24) is 9.78 Å². The van der Waals surface area contributed by atoms with Gasteiger partial charge in [-0.05, 0) is 23.8 Å². The van der Waals surface area contributed by atoms with Crippen LogP contribution in [0.25, 0.3) is 10.9 Å². The molecule has 2 aromatic carbocycles. The third kappa shape index (κ3) is 2.67. The zero-order valence-corrected chi connectivity index (χ0v) is 12.8. The lowest BCUT2D eigenvalue weighted by atomic mass is 10.1. The lowest BCUT2D eigenvalue weighted by molar-refractivity contribution is 0.101. The number of benzene rings is 2. The third-order valence-corrected chi connectivity index (χ3v) is 3.91. The van der Waals surface area contributed by atoms with E-state index in [0.29, 0.717) is 22.3 Å². The van der Waals surface area contributed by atoms with Gasteiger partial charge in [-0.1, -0.05) is 47.5 Å². The Morgan fingerprint density at radius 3 is 2.67 bits per heavy atom. The molecule has 0 fully saturated rings. The molecule has 0 N–H and O–H groups in total. The molecule has 0 aliphatic heterocycles. The summed E-state index contributed by atoms with van der Waals surface area (Å²) in [7, 11) is 0. The summed E-state index contributed by atoms with van der Waals surface area (Å²) in [4.78, 5) is 11.7. The number of carbonyl (C=O) groups excluding carboxylic acids is 1. The highest BCUT2D eigenvalue weighted by Gasteiger charge is 2.14. The van der Waals surface area contributed by atoms with Crippen LogP contribution in [-0.4, -0.2) is 15.6 Å². The molecule has 3 aromatic rings. The molecule has 0 radical (unpaired) electrons. The van der Waals surface area contributed by atoms with Crippen LogP contribution < -0.4 is 0 Å². The van der Waals surface area contributed by atoms with Crippen molar-refractivity contribution in [3.8, 4) is 0 Å². The molecule has 3 rings (SSSR count). The van der Waals surface area contributed by atoms with Crippen molar-refractivity contribution in [1.29, 1.82) is 0 Å². The van der Waals surface area contributed by atoms with Gasteiger partial charge in [-0.15, -0.1) is 0 Å². The Balaban J connectivity index is 2.10. The lowest BCUT2D eigenvalue weighted by Crippen LogP contribution is -2.04. The minimum Gasteiger partial charge on any atom is -0.293 e. The molecule has 0 spiro atoms. The number of nitrogens with zero attached hydrogens (tertiary/aromatic N) is 2. The second kappa shape index (κ2) is 5.51. The number of rotatable bonds is 3. The number of halogens is 2. The van der Waals surface area contributed by atoms with Gasteiger partial charge in [0.05, 0.1) is 12.1 Å². The average Bonchev–Trinajstić information content (AvgIpc) is 2.81. The van der Waals surface area contributed by atoms with E-state index in [4.69, 9.17) is 23.2 Å². The maximum absolute atomic E-state index is 11.7. The maximum Gasteiger partial charge on any atom is 0.180 e. The predicted molar refractivity (Wildman–Crippen MR) is 85.3 cm³/mol. The Morgan fingerprint density at radius 2 is 1.95 bits per heavy atom. The van der Waals surface area contributed by atoms with E-state index in [1.165, 1.54) is 6.92 Å². The van der Waals surface area contributed by atoms with Gasteiger partial charge >= 0.3 is 0 Å². The molecule has 5 heteroatoms. The van der Waals surface area contributed by atoms with Crippen LogP contribution in [0.2, 0.25) is 10.0 Å². The third-order valence-electron chi connectivity index (χ3n) is 3.33. The van der Waals surface area contributed by atoms with Crippen molar-refractivity contribution in [3.63, 3.8) is 0 Å². The first kappa shape index (κ1) is 14.1. The molecule has 3 nitrogen and oxygen atoms in total. The van der Waals surface area contributed by atoms with Crippen LogP contribution in [0.3, 0.4) is 0 Å². The first-order chi connectivity index (χ1) is 10.1. The number of Topliss-reactive ketones (excluding diaryl/α,β-unsaturated/α-hetero) is 1. The lowest BCUT2D eigenvalue weighted by Gasteiger charge is -2.06. The van der Waals surface area contributed by atoms with Gasteiger partial charge in [0.15, 0.2) is 5.78 Å². The molecule has 1 heterocycles. The summed E-state index contributed by atoms with van der Waals surface area (Å²) in [6.45, 7) is 2.01. The summed E-state index contributed by atoms with van der Waals surface area (Å²) in [5.74, 6) is -0.0489. The van der Waals surface area contributed by atoms with E-state index in [0.717, 1.165) is 16.5 Å². The fourth-order valence-corrected chi connectivity index (χ4v) is 2.79.